The van der Waals surface area contributed by atoms with E-state index in [0.29, 0.717) is 30.1 Å². The van der Waals surface area contributed by atoms with E-state index in [9.17, 15) is 9.90 Å². The number of carbonyl (C=O) groups is 1. The van der Waals surface area contributed by atoms with Crippen LogP contribution in [0.5, 0.6) is 0 Å². The fraction of sp³-hybridized carbons (Fsp3) is 0.952. The number of hydrogen-bond acceptors (Lipinski definition) is 3. The zero-order valence-corrected chi connectivity index (χ0v) is 15.4. The van der Waals surface area contributed by atoms with Gasteiger partial charge in [-0.3, -0.25) is 4.79 Å². The number of rotatable bonds is 3. The molecule has 0 unspecified atom stereocenters. The summed E-state index contributed by atoms with van der Waals surface area (Å²) in [6, 6.07) is 0. The maximum Gasteiger partial charge on any atom is 0.133 e. The third-order valence-electron chi connectivity index (χ3n) is 8.36. The minimum Gasteiger partial charge on any atom is -0.387 e. The van der Waals surface area contributed by atoms with Crippen molar-refractivity contribution in [2.45, 2.75) is 70.3 Å². The Morgan fingerprint density at radius 2 is 1.58 bits per heavy atom. The number of ether oxygens (including phenoxy) is 1. The van der Waals surface area contributed by atoms with E-state index in [1.165, 1.54) is 38.5 Å². The summed E-state index contributed by atoms with van der Waals surface area (Å²) in [5, 5.41) is 10.8. The van der Waals surface area contributed by atoms with Crippen LogP contribution in [0, 0.1) is 41.4 Å². The summed E-state index contributed by atoms with van der Waals surface area (Å²) in [6.07, 6.45) is 10.7. The summed E-state index contributed by atoms with van der Waals surface area (Å²) in [4.78, 5) is 12.0. The molecule has 0 bridgehead atoms. The van der Waals surface area contributed by atoms with Gasteiger partial charge >= 0.3 is 0 Å². The summed E-state index contributed by atoms with van der Waals surface area (Å²) < 4.78 is 5.28. The largest absolute Gasteiger partial charge is 0.387 e. The molecule has 8 atom stereocenters. The minimum absolute atomic E-state index is 0.367. The average Bonchev–Trinajstić information content (AvgIpc) is 2.98. The quantitative estimate of drug-likeness (QED) is 0.853. The predicted octanol–water partition coefficient (Wildman–Crippen LogP) is 3.83. The zero-order valence-electron chi connectivity index (χ0n) is 15.4. The van der Waals surface area contributed by atoms with Crippen molar-refractivity contribution in [3.63, 3.8) is 0 Å². The van der Waals surface area contributed by atoms with E-state index in [2.05, 4.69) is 0 Å². The molecule has 4 rings (SSSR count). The molecule has 1 N–H and O–H groups in total. The summed E-state index contributed by atoms with van der Waals surface area (Å²) in [6.45, 7) is 2.31. The molecule has 0 aromatic rings. The van der Waals surface area contributed by atoms with Crippen LogP contribution in [0.25, 0.3) is 0 Å². The van der Waals surface area contributed by atoms with Gasteiger partial charge < -0.3 is 9.84 Å². The zero-order chi connectivity index (χ0) is 16.9. The van der Waals surface area contributed by atoms with Crippen molar-refractivity contribution in [2.24, 2.45) is 41.4 Å². The Kier molecular flexibility index (Phi) is 4.53. The van der Waals surface area contributed by atoms with E-state index in [-0.39, 0.29) is 0 Å². The lowest BCUT2D eigenvalue weighted by molar-refractivity contribution is -0.126. The lowest BCUT2D eigenvalue weighted by atomic mass is 9.52. The molecule has 0 spiro atoms. The van der Waals surface area contributed by atoms with Crippen LogP contribution in [0.15, 0.2) is 0 Å². The molecule has 0 aromatic carbocycles. The Morgan fingerprint density at radius 1 is 0.958 bits per heavy atom. The van der Waals surface area contributed by atoms with Gasteiger partial charge in [0.2, 0.25) is 0 Å². The second-order valence-corrected chi connectivity index (χ2v) is 9.43. The van der Waals surface area contributed by atoms with Gasteiger partial charge in [0.1, 0.15) is 5.78 Å². The van der Waals surface area contributed by atoms with Gasteiger partial charge in [-0.1, -0.05) is 0 Å². The van der Waals surface area contributed by atoms with E-state index in [1.54, 1.807) is 7.11 Å². The number of fused-ring (bicyclic) bond motifs is 5. The summed E-state index contributed by atoms with van der Waals surface area (Å²) in [5.74, 6) is 5.56. The molecule has 0 aliphatic heterocycles. The molecule has 24 heavy (non-hydrogen) atoms. The summed E-state index contributed by atoms with van der Waals surface area (Å²) in [7, 11) is 1.70. The van der Waals surface area contributed by atoms with Crippen LogP contribution in [0.4, 0.5) is 0 Å². The smallest absolute Gasteiger partial charge is 0.133 e. The highest BCUT2D eigenvalue weighted by atomic mass is 16.5. The standard InChI is InChI=1S/C21H34O3/c1-13(22)15-5-6-20-17(15)7-8-18-16-9-10-21(23,12-24-2)11-14(16)3-4-19(18)20/h14-20,23H,3-12H2,1-2H3/t14-,15-,16+,17-,18-,19-,20-,21-/m1/s1. The maximum absolute atomic E-state index is 12.0. The maximum atomic E-state index is 12.0. The third kappa shape index (κ3) is 2.76. The molecule has 0 aromatic heterocycles. The minimum atomic E-state index is -0.576. The van der Waals surface area contributed by atoms with Crippen LogP contribution >= 0.6 is 0 Å². The van der Waals surface area contributed by atoms with Gasteiger partial charge in [0.05, 0.1) is 12.2 Å². The Labute approximate surface area is 146 Å². The molecule has 3 nitrogen and oxygen atoms in total. The molecule has 4 fully saturated rings. The van der Waals surface area contributed by atoms with Crippen LogP contribution in [-0.4, -0.2) is 30.2 Å². The number of aliphatic hydroxyl groups is 1. The molecule has 0 radical (unpaired) electrons. The van der Waals surface area contributed by atoms with E-state index in [1.807, 2.05) is 6.92 Å². The molecule has 3 heteroatoms. The van der Waals surface area contributed by atoms with Crippen molar-refractivity contribution < 1.29 is 14.6 Å². The Bertz CT molecular complexity index is 489. The fourth-order valence-corrected chi connectivity index (χ4v) is 7.52. The molecular formula is C21H34O3. The Balaban J connectivity index is 1.47. The molecule has 0 saturated heterocycles. The first-order chi connectivity index (χ1) is 11.5. The molecular weight excluding hydrogens is 300 g/mol. The van der Waals surface area contributed by atoms with Gasteiger partial charge in [-0.05, 0) is 100 Å². The molecule has 136 valence electrons. The normalized spacial score (nSPS) is 50.7. The van der Waals surface area contributed by atoms with Gasteiger partial charge in [-0.2, -0.15) is 0 Å². The van der Waals surface area contributed by atoms with Gasteiger partial charge in [-0.25, -0.2) is 0 Å². The third-order valence-corrected chi connectivity index (χ3v) is 8.36. The molecule has 4 aliphatic rings. The number of methoxy groups -OCH3 is 1. The molecule has 4 saturated carbocycles. The number of carbonyl (C=O) groups excluding carboxylic acids is 1. The Hall–Kier alpha value is -0.410. The Morgan fingerprint density at radius 3 is 2.33 bits per heavy atom. The van der Waals surface area contributed by atoms with Crippen molar-refractivity contribution in [2.75, 3.05) is 13.7 Å². The number of hydrogen-bond donors (Lipinski definition) is 1. The molecule has 0 heterocycles. The first-order valence-corrected chi connectivity index (χ1v) is 10.2. The monoisotopic (exact) mass is 334 g/mol. The highest BCUT2D eigenvalue weighted by Crippen LogP contribution is 2.59. The number of ketones is 1. The van der Waals surface area contributed by atoms with Crippen LogP contribution in [0.3, 0.4) is 0 Å². The van der Waals surface area contributed by atoms with E-state index in [4.69, 9.17) is 4.74 Å². The summed E-state index contributed by atoms with van der Waals surface area (Å²) in [5.41, 5.74) is -0.576. The first kappa shape index (κ1) is 17.0. The van der Waals surface area contributed by atoms with Crippen molar-refractivity contribution in [3.8, 4) is 0 Å². The van der Waals surface area contributed by atoms with Crippen molar-refractivity contribution in [3.05, 3.63) is 0 Å². The average molecular weight is 335 g/mol. The van der Waals surface area contributed by atoms with Crippen molar-refractivity contribution in [1.82, 2.24) is 0 Å². The topological polar surface area (TPSA) is 46.5 Å². The van der Waals surface area contributed by atoms with Gasteiger partial charge in [0.25, 0.3) is 0 Å². The highest BCUT2D eigenvalue weighted by Gasteiger charge is 2.53. The van der Waals surface area contributed by atoms with E-state index in [0.717, 1.165) is 42.9 Å². The lowest BCUT2D eigenvalue weighted by Crippen LogP contribution is -2.50. The predicted molar refractivity (Wildman–Crippen MR) is 93.5 cm³/mol. The van der Waals surface area contributed by atoms with Crippen LogP contribution in [0.2, 0.25) is 0 Å². The van der Waals surface area contributed by atoms with Crippen LogP contribution < -0.4 is 0 Å². The first-order valence-electron chi connectivity index (χ1n) is 10.2. The van der Waals surface area contributed by atoms with Crippen molar-refractivity contribution >= 4 is 5.78 Å². The van der Waals surface area contributed by atoms with Gasteiger partial charge in [-0.15, -0.1) is 0 Å². The van der Waals surface area contributed by atoms with Gasteiger partial charge in [0, 0.05) is 13.0 Å². The second-order valence-electron chi connectivity index (χ2n) is 9.43. The second kappa shape index (κ2) is 6.39. The number of Topliss-reactive ketones (excluding diaryl/α,β-unsaturated/α-hetero) is 1. The van der Waals surface area contributed by atoms with Crippen LogP contribution in [-0.2, 0) is 9.53 Å². The SMILES string of the molecule is COC[C@@]1(O)CC[C@H]2[C@H](CC[C@@H]3[C@@H]2CC[C@H]2[C@H]3CC[C@@H]2C(C)=O)C1. The van der Waals surface area contributed by atoms with E-state index >= 15 is 0 Å². The fourth-order valence-electron chi connectivity index (χ4n) is 7.52. The van der Waals surface area contributed by atoms with Crippen molar-refractivity contribution in [1.29, 1.82) is 0 Å². The van der Waals surface area contributed by atoms with E-state index < -0.39 is 5.60 Å². The highest BCUT2D eigenvalue weighted by molar-refractivity contribution is 5.79. The van der Waals surface area contributed by atoms with Gasteiger partial charge in [0.15, 0.2) is 0 Å². The molecule has 0 amide bonds. The lowest BCUT2D eigenvalue weighted by Gasteiger charge is -2.54. The summed E-state index contributed by atoms with van der Waals surface area (Å²) >= 11 is 0. The van der Waals surface area contributed by atoms with Crippen LogP contribution in [0.1, 0.15) is 64.7 Å². The molecule has 4 aliphatic carbocycles.